The van der Waals surface area contributed by atoms with Gasteiger partial charge in [-0.3, -0.25) is 4.79 Å². The van der Waals surface area contributed by atoms with Gasteiger partial charge in [0.1, 0.15) is 5.75 Å². The van der Waals surface area contributed by atoms with Crippen LogP contribution in [0.15, 0.2) is 48.5 Å². The average molecular weight is 269 g/mol. The third-order valence-electron chi connectivity index (χ3n) is 2.97. The van der Waals surface area contributed by atoms with E-state index in [0.29, 0.717) is 12.2 Å². The fraction of sp³-hybridized carbons (Fsp3) is 0.235. The number of ether oxygens (including phenoxy) is 1. The number of carbonyl (C=O) groups excluding carboxylic acids is 1. The maximum absolute atomic E-state index is 12.1. The van der Waals surface area contributed by atoms with Crippen molar-refractivity contribution in [2.75, 3.05) is 11.9 Å². The van der Waals surface area contributed by atoms with E-state index in [2.05, 4.69) is 12.2 Å². The van der Waals surface area contributed by atoms with Gasteiger partial charge in [-0.15, -0.1) is 0 Å². The van der Waals surface area contributed by atoms with E-state index in [1.165, 1.54) is 0 Å². The van der Waals surface area contributed by atoms with Crippen molar-refractivity contribution in [2.24, 2.45) is 0 Å². The van der Waals surface area contributed by atoms with Gasteiger partial charge >= 0.3 is 0 Å². The summed E-state index contributed by atoms with van der Waals surface area (Å²) in [5, 5.41) is 2.89. The molecule has 0 fully saturated rings. The summed E-state index contributed by atoms with van der Waals surface area (Å²) in [6.07, 6.45) is 0.978. The Balaban J connectivity index is 2.03. The van der Waals surface area contributed by atoms with E-state index in [0.717, 1.165) is 23.4 Å². The van der Waals surface area contributed by atoms with Gasteiger partial charge in [0.05, 0.1) is 6.61 Å². The van der Waals surface area contributed by atoms with Gasteiger partial charge in [0, 0.05) is 11.3 Å². The number of anilines is 1. The minimum absolute atomic E-state index is 0.0923. The van der Waals surface area contributed by atoms with Crippen molar-refractivity contribution in [1.29, 1.82) is 0 Å². The summed E-state index contributed by atoms with van der Waals surface area (Å²) in [7, 11) is 0. The molecule has 1 amide bonds. The molecule has 2 rings (SSSR count). The second kappa shape index (κ2) is 6.75. The summed E-state index contributed by atoms with van der Waals surface area (Å²) < 4.78 is 5.51. The second-order valence-corrected chi connectivity index (χ2v) is 4.64. The Hall–Kier alpha value is -2.29. The summed E-state index contributed by atoms with van der Waals surface area (Å²) >= 11 is 0. The Labute approximate surface area is 119 Å². The Morgan fingerprint density at radius 1 is 1.10 bits per heavy atom. The molecule has 0 saturated heterocycles. The summed E-state index contributed by atoms with van der Waals surface area (Å²) in [6, 6.07) is 15.0. The monoisotopic (exact) mass is 269 g/mol. The summed E-state index contributed by atoms with van der Waals surface area (Å²) in [4.78, 5) is 12.1. The van der Waals surface area contributed by atoms with Crippen molar-refractivity contribution in [3.8, 4) is 5.75 Å². The van der Waals surface area contributed by atoms with Crippen LogP contribution >= 0.6 is 0 Å². The van der Waals surface area contributed by atoms with E-state index in [9.17, 15) is 4.79 Å². The number of rotatable bonds is 5. The van der Waals surface area contributed by atoms with E-state index in [1.54, 1.807) is 0 Å². The number of amides is 1. The molecule has 0 aliphatic carbocycles. The number of aryl methyl sites for hydroxylation is 1. The number of benzene rings is 2. The van der Waals surface area contributed by atoms with Crippen molar-refractivity contribution < 1.29 is 9.53 Å². The Kier molecular flexibility index (Phi) is 4.77. The molecule has 0 radical (unpaired) electrons. The molecule has 3 heteroatoms. The normalized spacial score (nSPS) is 10.1. The average Bonchev–Trinajstić information content (AvgIpc) is 2.47. The van der Waals surface area contributed by atoms with Crippen LogP contribution in [0.5, 0.6) is 5.75 Å². The Bertz CT molecular complexity index is 576. The molecule has 0 saturated carbocycles. The van der Waals surface area contributed by atoms with Crippen LogP contribution < -0.4 is 10.1 Å². The van der Waals surface area contributed by atoms with Crippen molar-refractivity contribution in [1.82, 2.24) is 0 Å². The van der Waals surface area contributed by atoms with Crippen molar-refractivity contribution in [2.45, 2.75) is 20.3 Å². The predicted molar refractivity (Wildman–Crippen MR) is 81.4 cm³/mol. The first-order valence-electron chi connectivity index (χ1n) is 6.80. The van der Waals surface area contributed by atoms with E-state index < -0.39 is 0 Å². The van der Waals surface area contributed by atoms with Gasteiger partial charge in [-0.05, 0) is 49.2 Å². The quantitative estimate of drug-likeness (QED) is 0.889. The van der Waals surface area contributed by atoms with Crippen LogP contribution in [-0.4, -0.2) is 12.5 Å². The number of nitrogens with one attached hydrogen (secondary N) is 1. The third kappa shape index (κ3) is 3.60. The van der Waals surface area contributed by atoms with Crippen LogP contribution in [0.4, 0.5) is 5.69 Å². The lowest BCUT2D eigenvalue weighted by Crippen LogP contribution is -2.13. The molecule has 0 aromatic heterocycles. The van der Waals surface area contributed by atoms with Gasteiger partial charge in [-0.2, -0.15) is 0 Å². The maximum atomic E-state index is 12.1. The number of carbonyl (C=O) groups is 1. The highest BCUT2D eigenvalue weighted by molar-refractivity contribution is 6.05. The maximum Gasteiger partial charge on any atom is 0.255 e. The molecular weight excluding hydrogens is 250 g/mol. The molecule has 20 heavy (non-hydrogen) atoms. The summed E-state index contributed by atoms with van der Waals surface area (Å²) in [5.41, 5.74) is 2.42. The molecule has 0 spiro atoms. The Morgan fingerprint density at radius 3 is 2.45 bits per heavy atom. The minimum atomic E-state index is -0.0923. The van der Waals surface area contributed by atoms with Gasteiger partial charge in [0.2, 0.25) is 0 Å². The second-order valence-electron chi connectivity index (χ2n) is 4.64. The molecule has 0 aliphatic rings. The smallest absolute Gasteiger partial charge is 0.255 e. The van der Waals surface area contributed by atoms with Gasteiger partial charge < -0.3 is 10.1 Å². The molecule has 0 aliphatic heterocycles. The zero-order valence-corrected chi connectivity index (χ0v) is 11.8. The van der Waals surface area contributed by atoms with Crippen LogP contribution in [0.2, 0.25) is 0 Å². The number of hydrogen-bond donors (Lipinski definition) is 1. The molecule has 0 unspecified atom stereocenters. The highest BCUT2D eigenvalue weighted by atomic mass is 16.5. The lowest BCUT2D eigenvalue weighted by molar-refractivity contribution is 0.102. The first-order chi connectivity index (χ1) is 9.70. The van der Waals surface area contributed by atoms with Crippen LogP contribution in [0, 0.1) is 6.92 Å². The van der Waals surface area contributed by atoms with Gasteiger partial charge in [-0.25, -0.2) is 0 Å². The van der Waals surface area contributed by atoms with Gasteiger partial charge in [-0.1, -0.05) is 25.1 Å². The fourth-order valence-electron chi connectivity index (χ4n) is 1.88. The lowest BCUT2D eigenvalue weighted by atomic mass is 10.1. The standard InChI is InChI=1S/C17H19NO2/c1-3-12-20-15-10-8-14(9-11-15)18-17(19)16-7-5-4-6-13(16)2/h4-11H,3,12H2,1-2H3,(H,18,19). The summed E-state index contributed by atoms with van der Waals surface area (Å²) in [6.45, 7) is 4.70. The Morgan fingerprint density at radius 2 is 1.80 bits per heavy atom. The fourth-order valence-corrected chi connectivity index (χ4v) is 1.88. The van der Waals surface area contributed by atoms with E-state index in [1.807, 2.05) is 55.5 Å². The van der Waals surface area contributed by atoms with Crippen LogP contribution in [0.1, 0.15) is 29.3 Å². The minimum Gasteiger partial charge on any atom is -0.494 e. The largest absolute Gasteiger partial charge is 0.494 e. The topological polar surface area (TPSA) is 38.3 Å². The van der Waals surface area contributed by atoms with Crippen molar-refractivity contribution in [3.63, 3.8) is 0 Å². The van der Waals surface area contributed by atoms with Crippen LogP contribution in [-0.2, 0) is 0 Å². The highest BCUT2D eigenvalue weighted by Crippen LogP contribution is 2.17. The van der Waals surface area contributed by atoms with Crippen molar-refractivity contribution in [3.05, 3.63) is 59.7 Å². The summed E-state index contributed by atoms with van der Waals surface area (Å²) in [5.74, 6) is 0.728. The molecule has 3 nitrogen and oxygen atoms in total. The molecule has 2 aromatic carbocycles. The predicted octanol–water partition coefficient (Wildman–Crippen LogP) is 4.04. The highest BCUT2D eigenvalue weighted by Gasteiger charge is 2.08. The zero-order chi connectivity index (χ0) is 14.4. The lowest BCUT2D eigenvalue weighted by Gasteiger charge is -2.09. The first-order valence-corrected chi connectivity index (χ1v) is 6.80. The van der Waals surface area contributed by atoms with Gasteiger partial charge in [0.15, 0.2) is 0 Å². The van der Waals surface area contributed by atoms with Crippen LogP contribution in [0.25, 0.3) is 0 Å². The van der Waals surface area contributed by atoms with Crippen molar-refractivity contribution >= 4 is 11.6 Å². The first kappa shape index (κ1) is 14.1. The molecular formula is C17H19NO2. The SMILES string of the molecule is CCCOc1ccc(NC(=O)c2ccccc2C)cc1. The van der Waals surface area contributed by atoms with Gasteiger partial charge in [0.25, 0.3) is 5.91 Å². The third-order valence-corrected chi connectivity index (χ3v) is 2.97. The molecule has 0 atom stereocenters. The molecule has 0 heterocycles. The number of hydrogen-bond acceptors (Lipinski definition) is 2. The van der Waals surface area contributed by atoms with Crippen LogP contribution in [0.3, 0.4) is 0 Å². The van der Waals surface area contributed by atoms with E-state index in [-0.39, 0.29) is 5.91 Å². The molecule has 2 aromatic rings. The van der Waals surface area contributed by atoms with E-state index >= 15 is 0 Å². The van der Waals surface area contributed by atoms with E-state index in [4.69, 9.17) is 4.74 Å². The molecule has 0 bridgehead atoms. The molecule has 1 N–H and O–H groups in total. The molecule has 104 valence electrons. The zero-order valence-electron chi connectivity index (χ0n) is 11.8.